The lowest BCUT2D eigenvalue weighted by molar-refractivity contribution is -0.125. The van der Waals surface area contributed by atoms with Crippen molar-refractivity contribution in [3.05, 3.63) is 36.4 Å². The predicted molar refractivity (Wildman–Crippen MR) is 85.6 cm³/mol. The van der Waals surface area contributed by atoms with Gasteiger partial charge in [0.05, 0.1) is 17.0 Å². The van der Waals surface area contributed by atoms with E-state index in [9.17, 15) is 18.3 Å². The number of hydrogen-bond donors (Lipinski definition) is 2. The van der Waals surface area contributed by atoms with Crippen LogP contribution in [0.25, 0.3) is 0 Å². The van der Waals surface area contributed by atoms with E-state index in [-0.39, 0.29) is 9.10 Å². The highest BCUT2D eigenvalue weighted by Crippen LogP contribution is 2.37. The zero-order valence-corrected chi connectivity index (χ0v) is 13.9. The van der Waals surface area contributed by atoms with Crippen molar-refractivity contribution in [2.45, 2.75) is 27.5 Å². The fourth-order valence-electron chi connectivity index (χ4n) is 1.98. The molecule has 1 heterocycles. The minimum Gasteiger partial charge on any atom is -0.497 e. The molecule has 1 fully saturated rings. The number of carbonyl (C=O) groups excluding carboxylic acids is 1. The highest BCUT2D eigenvalue weighted by atomic mass is 32.2. The second kappa shape index (κ2) is 5.63. The van der Waals surface area contributed by atoms with Crippen molar-refractivity contribution in [1.82, 2.24) is 0 Å². The van der Waals surface area contributed by atoms with Gasteiger partial charge in [0, 0.05) is 0 Å². The van der Waals surface area contributed by atoms with Crippen molar-refractivity contribution in [2.75, 3.05) is 12.4 Å². The summed E-state index contributed by atoms with van der Waals surface area (Å²) in [6.45, 7) is 0. The second-order valence-corrected chi connectivity index (χ2v) is 8.54. The molecule has 0 spiro atoms. The molecule has 1 amide bonds. The van der Waals surface area contributed by atoms with E-state index in [2.05, 4.69) is 5.32 Å². The van der Waals surface area contributed by atoms with Crippen LogP contribution >= 0.6 is 11.3 Å². The van der Waals surface area contributed by atoms with Crippen molar-refractivity contribution >= 4 is 32.1 Å². The third kappa shape index (κ3) is 3.10. The first-order valence-corrected chi connectivity index (χ1v) is 9.18. The number of anilines is 1. The number of rotatable bonds is 5. The molecule has 1 aliphatic rings. The average molecular weight is 353 g/mol. The van der Waals surface area contributed by atoms with E-state index >= 15 is 0 Å². The molecule has 2 aromatic rings. The number of benzene rings is 1. The number of methoxy groups -OCH3 is 1. The van der Waals surface area contributed by atoms with Crippen LogP contribution in [0.4, 0.5) is 5.00 Å². The summed E-state index contributed by atoms with van der Waals surface area (Å²) in [6.07, 6.45) is 0.864. The molecule has 3 rings (SSSR count). The molecular formula is C15H15NO5S2. The van der Waals surface area contributed by atoms with E-state index < -0.39 is 21.3 Å². The van der Waals surface area contributed by atoms with Crippen molar-refractivity contribution in [2.24, 2.45) is 0 Å². The number of nitrogens with one attached hydrogen (secondary N) is 1. The molecule has 6 nitrogen and oxygen atoms in total. The molecule has 122 valence electrons. The van der Waals surface area contributed by atoms with Crippen LogP contribution in [0, 0.1) is 0 Å². The van der Waals surface area contributed by atoms with Crippen molar-refractivity contribution in [1.29, 1.82) is 0 Å². The summed E-state index contributed by atoms with van der Waals surface area (Å²) in [7, 11) is -2.14. The van der Waals surface area contributed by atoms with Gasteiger partial charge in [0.15, 0.2) is 0 Å². The Kier molecular flexibility index (Phi) is 3.91. The lowest BCUT2D eigenvalue weighted by Gasteiger charge is -2.06. The lowest BCUT2D eigenvalue weighted by atomic mass is 10.3. The zero-order chi connectivity index (χ0) is 16.7. The van der Waals surface area contributed by atoms with Gasteiger partial charge >= 0.3 is 0 Å². The van der Waals surface area contributed by atoms with E-state index in [1.807, 2.05) is 0 Å². The van der Waals surface area contributed by atoms with Crippen LogP contribution < -0.4 is 10.1 Å². The van der Waals surface area contributed by atoms with Crippen LogP contribution in [0.15, 0.2) is 45.5 Å². The van der Waals surface area contributed by atoms with E-state index in [0.717, 1.165) is 11.3 Å². The molecule has 0 bridgehead atoms. The zero-order valence-electron chi connectivity index (χ0n) is 12.3. The molecule has 2 N–H and O–H groups in total. The molecule has 8 heteroatoms. The summed E-state index contributed by atoms with van der Waals surface area (Å²) in [5.41, 5.74) is -1.29. The van der Waals surface area contributed by atoms with Gasteiger partial charge in [0.2, 0.25) is 9.84 Å². The lowest BCUT2D eigenvalue weighted by Crippen LogP contribution is -2.28. The number of amides is 1. The molecule has 1 aliphatic carbocycles. The second-order valence-electron chi connectivity index (χ2n) is 5.28. The van der Waals surface area contributed by atoms with Gasteiger partial charge in [-0.15, -0.1) is 11.3 Å². The molecule has 0 atom stereocenters. The Hall–Kier alpha value is -1.90. The fraction of sp³-hybridized carbons (Fsp3) is 0.267. The van der Waals surface area contributed by atoms with Gasteiger partial charge in [-0.3, -0.25) is 4.79 Å². The quantitative estimate of drug-likeness (QED) is 0.858. The number of thiophene rings is 1. The predicted octanol–water partition coefficient (Wildman–Crippen LogP) is 2.05. The number of carbonyl (C=O) groups is 1. The standard InChI is InChI=1S/C15H15NO5S2/c1-21-10-2-4-11(5-3-10)23(19,20)13-7-6-12(22-13)16-14(17)15(18)8-9-15/h2-7,18H,8-9H2,1H3,(H,16,17). The van der Waals surface area contributed by atoms with Gasteiger partial charge in [-0.25, -0.2) is 8.42 Å². The third-order valence-electron chi connectivity index (χ3n) is 3.60. The summed E-state index contributed by atoms with van der Waals surface area (Å²) in [5, 5.41) is 12.7. The Morgan fingerprint density at radius 3 is 2.43 bits per heavy atom. The number of aliphatic hydroxyl groups is 1. The Bertz CT molecular complexity index is 835. The highest BCUT2D eigenvalue weighted by molar-refractivity contribution is 7.93. The number of hydrogen-bond acceptors (Lipinski definition) is 6. The summed E-state index contributed by atoms with van der Waals surface area (Å²) in [5.74, 6) is 0.0773. The van der Waals surface area contributed by atoms with Gasteiger partial charge in [0.25, 0.3) is 5.91 Å². The first-order valence-electron chi connectivity index (χ1n) is 6.88. The highest BCUT2D eigenvalue weighted by Gasteiger charge is 2.48. The molecule has 0 saturated heterocycles. The van der Waals surface area contributed by atoms with Crippen LogP contribution in [-0.2, 0) is 14.6 Å². The molecule has 0 aliphatic heterocycles. The SMILES string of the molecule is COc1ccc(S(=O)(=O)c2ccc(NC(=O)C3(O)CC3)s2)cc1. The Labute approximate surface area is 137 Å². The van der Waals surface area contributed by atoms with Crippen LogP contribution in [0.2, 0.25) is 0 Å². The van der Waals surface area contributed by atoms with Gasteiger partial charge in [0.1, 0.15) is 15.6 Å². The van der Waals surface area contributed by atoms with Gasteiger partial charge in [-0.1, -0.05) is 0 Å². The summed E-state index contributed by atoms with van der Waals surface area (Å²) < 4.78 is 30.2. The van der Waals surface area contributed by atoms with Gasteiger partial charge in [-0.05, 0) is 49.2 Å². The Balaban J connectivity index is 1.81. The molecule has 1 saturated carbocycles. The fourth-order valence-corrected chi connectivity index (χ4v) is 4.58. The maximum atomic E-state index is 12.5. The molecular weight excluding hydrogens is 338 g/mol. The topological polar surface area (TPSA) is 92.7 Å². The third-order valence-corrected chi connectivity index (χ3v) is 6.86. The van der Waals surface area contributed by atoms with Crippen molar-refractivity contribution in [3.63, 3.8) is 0 Å². The molecule has 0 unspecified atom stereocenters. The Morgan fingerprint density at radius 1 is 1.22 bits per heavy atom. The molecule has 1 aromatic carbocycles. The normalized spacial score (nSPS) is 15.9. The van der Waals surface area contributed by atoms with Crippen molar-refractivity contribution in [3.8, 4) is 5.75 Å². The number of sulfone groups is 1. The minimum absolute atomic E-state index is 0.126. The van der Waals surface area contributed by atoms with Crippen molar-refractivity contribution < 1.29 is 23.1 Å². The number of ether oxygens (including phenoxy) is 1. The summed E-state index contributed by atoms with van der Waals surface area (Å²) in [4.78, 5) is 11.9. The first-order chi connectivity index (χ1) is 10.8. The summed E-state index contributed by atoms with van der Waals surface area (Å²) >= 11 is 0.955. The average Bonchev–Trinajstić information content (AvgIpc) is 3.11. The molecule has 1 aromatic heterocycles. The molecule has 0 radical (unpaired) electrons. The van der Waals surface area contributed by atoms with Crippen LogP contribution in [-0.4, -0.2) is 32.1 Å². The van der Waals surface area contributed by atoms with Gasteiger partial charge < -0.3 is 15.2 Å². The van der Waals surface area contributed by atoms with Crippen LogP contribution in [0.5, 0.6) is 5.75 Å². The van der Waals surface area contributed by atoms with Crippen LogP contribution in [0.1, 0.15) is 12.8 Å². The van der Waals surface area contributed by atoms with Gasteiger partial charge in [-0.2, -0.15) is 0 Å². The first kappa shape index (κ1) is 16.0. The minimum atomic E-state index is -3.65. The largest absolute Gasteiger partial charge is 0.497 e. The van der Waals surface area contributed by atoms with E-state index in [1.54, 1.807) is 12.1 Å². The Morgan fingerprint density at radius 2 is 1.87 bits per heavy atom. The maximum Gasteiger partial charge on any atom is 0.256 e. The smallest absolute Gasteiger partial charge is 0.256 e. The van der Waals surface area contributed by atoms with E-state index in [1.165, 1.54) is 31.4 Å². The van der Waals surface area contributed by atoms with E-state index in [4.69, 9.17) is 4.74 Å². The monoisotopic (exact) mass is 353 g/mol. The van der Waals surface area contributed by atoms with E-state index in [0.29, 0.717) is 23.6 Å². The summed E-state index contributed by atoms with van der Waals surface area (Å²) in [6, 6.07) is 9.05. The molecule has 23 heavy (non-hydrogen) atoms. The van der Waals surface area contributed by atoms with Crippen LogP contribution in [0.3, 0.4) is 0 Å². The maximum absolute atomic E-state index is 12.5.